The molecule has 1 aromatic carbocycles. The monoisotopic (exact) mass is 232 g/mol. The average Bonchev–Trinajstić information content (AvgIpc) is 2.75. The lowest BCUT2D eigenvalue weighted by Crippen LogP contribution is -2.15. The number of benzene rings is 1. The highest BCUT2D eigenvalue weighted by molar-refractivity contribution is 7.13. The summed E-state index contributed by atoms with van der Waals surface area (Å²) in [6, 6.07) is 8.15. The maximum absolute atomic E-state index is 5.68. The number of aromatic nitrogens is 1. The first-order chi connectivity index (χ1) is 7.84. The summed E-state index contributed by atoms with van der Waals surface area (Å²) in [5.41, 5.74) is 7.97. The molecular weight excluding hydrogens is 220 g/mol. The fraction of sp³-hybridized carbons (Fsp3) is 0.250. The third-order valence-electron chi connectivity index (χ3n) is 2.86. The lowest BCUT2D eigenvalue weighted by Gasteiger charge is -2.24. The minimum atomic E-state index is 0.332. The van der Waals surface area contributed by atoms with Gasteiger partial charge in [-0.3, -0.25) is 0 Å². The van der Waals surface area contributed by atoms with Gasteiger partial charge < -0.3 is 10.5 Å². The number of anilines is 1. The van der Waals surface area contributed by atoms with Crippen molar-refractivity contribution < 1.29 is 4.74 Å². The third kappa shape index (κ3) is 1.55. The molecule has 0 aliphatic carbocycles. The lowest BCUT2D eigenvalue weighted by atomic mass is 9.91. The van der Waals surface area contributed by atoms with Crippen LogP contribution in [0.2, 0.25) is 0 Å². The van der Waals surface area contributed by atoms with Crippen LogP contribution < -0.4 is 10.5 Å². The number of ether oxygens (including phenoxy) is 1. The Kier molecular flexibility index (Phi) is 2.29. The van der Waals surface area contributed by atoms with Crippen molar-refractivity contribution in [3.05, 3.63) is 40.9 Å². The fourth-order valence-corrected chi connectivity index (χ4v) is 2.73. The summed E-state index contributed by atoms with van der Waals surface area (Å²) < 4.78 is 5.63. The fourth-order valence-electron chi connectivity index (χ4n) is 2.11. The van der Waals surface area contributed by atoms with E-state index in [4.69, 9.17) is 10.5 Å². The van der Waals surface area contributed by atoms with Crippen LogP contribution in [0.15, 0.2) is 29.6 Å². The molecule has 3 rings (SSSR count). The van der Waals surface area contributed by atoms with Gasteiger partial charge in [0.25, 0.3) is 0 Å². The molecule has 0 fully saturated rings. The first-order valence-corrected chi connectivity index (χ1v) is 6.15. The lowest BCUT2D eigenvalue weighted by molar-refractivity contribution is 0.276. The molecule has 0 saturated heterocycles. The zero-order chi connectivity index (χ0) is 11.0. The van der Waals surface area contributed by atoms with E-state index < -0.39 is 0 Å². The molecule has 0 amide bonds. The highest BCUT2D eigenvalue weighted by Gasteiger charge is 2.24. The summed E-state index contributed by atoms with van der Waals surface area (Å²) in [4.78, 5) is 4.37. The summed E-state index contributed by atoms with van der Waals surface area (Å²) in [6.45, 7) is 0.749. The Hall–Kier alpha value is -1.55. The van der Waals surface area contributed by atoms with Crippen molar-refractivity contribution in [3.63, 3.8) is 0 Å². The molecule has 2 heterocycles. The minimum absolute atomic E-state index is 0.332. The highest BCUT2D eigenvalue weighted by atomic mass is 32.1. The highest BCUT2D eigenvalue weighted by Crippen LogP contribution is 2.38. The number of nitrogens with two attached hydrogens (primary N) is 1. The van der Waals surface area contributed by atoms with Crippen molar-refractivity contribution in [2.75, 3.05) is 12.3 Å². The zero-order valence-electron chi connectivity index (χ0n) is 8.72. The van der Waals surface area contributed by atoms with Gasteiger partial charge >= 0.3 is 0 Å². The van der Waals surface area contributed by atoms with Gasteiger partial charge in [0, 0.05) is 16.9 Å². The van der Waals surface area contributed by atoms with Crippen molar-refractivity contribution in [1.82, 2.24) is 4.98 Å². The van der Waals surface area contributed by atoms with Crippen LogP contribution >= 0.6 is 11.3 Å². The summed E-state index contributed by atoms with van der Waals surface area (Å²) in [5, 5.41) is 2.68. The quantitative estimate of drug-likeness (QED) is 0.822. The normalized spacial score (nSPS) is 18.9. The molecule has 0 bridgehead atoms. The van der Waals surface area contributed by atoms with Gasteiger partial charge in [0.1, 0.15) is 5.75 Å². The largest absolute Gasteiger partial charge is 0.493 e. The Labute approximate surface area is 97.9 Å². The molecule has 1 unspecified atom stereocenters. The molecule has 3 nitrogen and oxygen atoms in total. The topological polar surface area (TPSA) is 48.1 Å². The molecule has 16 heavy (non-hydrogen) atoms. The molecule has 4 heteroatoms. The molecule has 0 spiro atoms. The number of nitrogens with zero attached hydrogens (tertiary/aromatic N) is 1. The van der Waals surface area contributed by atoms with Crippen LogP contribution in [0.3, 0.4) is 0 Å². The molecule has 1 aliphatic heterocycles. The van der Waals surface area contributed by atoms with Gasteiger partial charge in [-0.25, -0.2) is 4.98 Å². The predicted molar refractivity (Wildman–Crippen MR) is 64.9 cm³/mol. The Bertz CT molecular complexity index is 509. The number of thiazole rings is 1. The molecule has 0 radical (unpaired) electrons. The van der Waals surface area contributed by atoms with Crippen LogP contribution in [-0.4, -0.2) is 11.6 Å². The predicted octanol–water partition coefficient (Wildman–Crippen LogP) is 2.64. The smallest absolute Gasteiger partial charge is 0.180 e. The van der Waals surface area contributed by atoms with E-state index in [9.17, 15) is 0 Å². The molecule has 0 saturated carbocycles. The average molecular weight is 232 g/mol. The second-order valence-electron chi connectivity index (χ2n) is 3.84. The van der Waals surface area contributed by atoms with Crippen LogP contribution in [0.25, 0.3) is 0 Å². The second-order valence-corrected chi connectivity index (χ2v) is 4.73. The van der Waals surface area contributed by atoms with Crippen molar-refractivity contribution in [2.45, 2.75) is 12.3 Å². The van der Waals surface area contributed by atoms with Gasteiger partial charge in [-0.1, -0.05) is 18.2 Å². The number of rotatable bonds is 1. The number of nitrogen functional groups attached to an aromatic ring is 1. The first-order valence-electron chi connectivity index (χ1n) is 5.27. The number of hydrogen-bond donors (Lipinski definition) is 1. The van der Waals surface area contributed by atoms with E-state index in [0.29, 0.717) is 11.0 Å². The minimum Gasteiger partial charge on any atom is -0.493 e. The van der Waals surface area contributed by atoms with Gasteiger partial charge in [-0.15, -0.1) is 11.3 Å². The van der Waals surface area contributed by atoms with Gasteiger partial charge in [0.15, 0.2) is 5.13 Å². The van der Waals surface area contributed by atoms with E-state index in [1.54, 1.807) is 0 Å². The van der Waals surface area contributed by atoms with Gasteiger partial charge in [-0.2, -0.15) is 0 Å². The maximum Gasteiger partial charge on any atom is 0.180 e. The van der Waals surface area contributed by atoms with Crippen molar-refractivity contribution >= 4 is 16.5 Å². The number of fused-ring (bicyclic) bond motifs is 1. The second kappa shape index (κ2) is 3.79. The van der Waals surface area contributed by atoms with Gasteiger partial charge in [0.05, 0.1) is 12.3 Å². The van der Waals surface area contributed by atoms with Crippen LogP contribution in [0.5, 0.6) is 5.75 Å². The molecule has 1 aromatic heterocycles. The summed E-state index contributed by atoms with van der Waals surface area (Å²) in [5.74, 6) is 1.31. The Balaban J connectivity index is 2.04. The zero-order valence-corrected chi connectivity index (χ0v) is 9.54. The van der Waals surface area contributed by atoms with Crippen molar-refractivity contribution in [2.24, 2.45) is 0 Å². The van der Waals surface area contributed by atoms with Crippen molar-refractivity contribution in [1.29, 1.82) is 0 Å². The summed E-state index contributed by atoms with van der Waals surface area (Å²) in [6.07, 6.45) is 0.972. The molecule has 2 N–H and O–H groups in total. The van der Waals surface area contributed by atoms with E-state index in [-0.39, 0.29) is 0 Å². The van der Waals surface area contributed by atoms with E-state index in [1.807, 2.05) is 23.6 Å². The number of hydrogen-bond acceptors (Lipinski definition) is 4. The summed E-state index contributed by atoms with van der Waals surface area (Å²) in [7, 11) is 0. The van der Waals surface area contributed by atoms with Gasteiger partial charge in [0.2, 0.25) is 0 Å². The van der Waals surface area contributed by atoms with Crippen LogP contribution in [0.4, 0.5) is 5.13 Å². The summed E-state index contributed by atoms with van der Waals surface area (Å²) >= 11 is 1.50. The van der Waals surface area contributed by atoms with Crippen LogP contribution in [0, 0.1) is 0 Å². The molecule has 2 aromatic rings. The Morgan fingerprint density at radius 1 is 1.38 bits per heavy atom. The standard InChI is InChI=1S/C12H12N2OS/c13-12-14-10(7-16-12)8-5-6-15-11-4-2-1-3-9(8)11/h1-4,7-8H,5-6H2,(H2,13,14). The molecular formula is C12H12N2OS. The Morgan fingerprint density at radius 2 is 2.25 bits per heavy atom. The first kappa shape index (κ1) is 9.66. The maximum atomic E-state index is 5.68. The van der Waals surface area contributed by atoms with Crippen LogP contribution in [0.1, 0.15) is 23.6 Å². The molecule has 1 atom stereocenters. The van der Waals surface area contributed by atoms with E-state index in [2.05, 4.69) is 11.1 Å². The SMILES string of the molecule is Nc1nc(C2CCOc3ccccc32)cs1. The molecule has 1 aliphatic rings. The number of para-hydroxylation sites is 1. The van der Waals surface area contributed by atoms with E-state index in [0.717, 1.165) is 24.5 Å². The van der Waals surface area contributed by atoms with Crippen molar-refractivity contribution in [3.8, 4) is 5.75 Å². The van der Waals surface area contributed by atoms with E-state index in [1.165, 1.54) is 16.9 Å². The van der Waals surface area contributed by atoms with Gasteiger partial charge in [-0.05, 0) is 12.5 Å². The third-order valence-corrected chi connectivity index (χ3v) is 3.55. The Morgan fingerprint density at radius 3 is 3.06 bits per heavy atom. The molecule has 82 valence electrons. The van der Waals surface area contributed by atoms with Crippen LogP contribution in [-0.2, 0) is 0 Å². The van der Waals surface area contributed by atoms with E-state index >= 15 is 0 Å².